The van der Waals surface area contributed by atoms with Crippen LogP contribution in [0.1, 0.15) is 17.0 Å². The number of nitrogens with one attached hydrogen (secondary N) is 1. The molecule has 0 saturated carbocycles. The first-order valence-electron chi connectivity index (χ1n) is 7.34. The lowest BCUT2D eigenvalue weighted by atomic mass is 10.1. The van der Waals surface area contributed by atoms with Crippen molar-refractivity contribution in [3.05, 3.63) is 76.7 Å². The zero-order valence-corrected chi connectivity index (χ0v) is 14.6. The molecule has 0 fully saturated rings. The molecule has 0 atom stereocenters. The summed E-state index contributed by atoms with van der Waals surface area (Å²) in [6.07, 6.45) is 7.43. The third-order valence-corrected chi connectivity index (χ3v) is 3.63. The average Bonchev–Trinajstić information content (AvgIpc) is 2.59. The van der Waals surface area contributed by atoms with Gasteiger partial charge in [-0.05, 0) is 47.1 Å². The maximum Gasteiger partial charge on any atom is 0.165 e. The van der Waals surface area contributed by atoms with E-state index in [1.807, 2.05) is 37.3 Å². The van der Waals surface area contributed by atoms with E-state index in [1.54, 1.807) is 24.8 Å². The zero-order chi connectivity index (χ0) is 16.8. The fourth-order valence-electron chi connectivity index (χ4n) is 2.10. The van der Waals surface area contributed by atoms with E-state index in [0.717, 1.165) is 27.3 Å². The lowest BCUT2D eigenvalue weighted by molar-refractivity contribution is 1.08. The van der Waals surface area contributed by atoms with Gasteiger partial charge in [0.05, 0.1) is 17.6 Å². The van der Waals surface area contributed by atoms with Gasteiger partial charge in [0, 0.05) is 36.3 Å². The van der Waals surface area contributed by atoms with E-state index < -0.39 is 0 Å². The molecule has 0 spiro atoms. The minimum atomic E-state index is 0.587. The Labute approximate surface area is 148 Å². The summed E-state index contributed by atoms with van der Waals surface area (Å²) in [5.41, 5.74) is 6.52. The molecule has 6 nitrogen and oxygen atoms in total. The van der Waals surface area contributed by atoms with Gasteiger partial charge >= 0.3 is 0 Å². The summed E-state index contributed by atoms with van der Waals surface area (Å²) in [4.78, 5) is 17.0. The second-order valence-electron chi connectivity index (χ2n) is 5.08. The number of hydrogen-bond acceptors (Lipinski definition) is 6. The van der Waals surface area contributed by atoms with Crippen molar-refractivity contribution in [1.82, 2.24) is 19.9 Å². The minimum absolute atomic E-state index is 0.587. The first-order valence-corrected chi connectivity index (χ1v) is 8.13. The van der Waals surface area contributed by atoms with Crippen LogP contribution in [0.2, 0.25) is 0 Å². The van der Waals surface area contributed by atoms with E-state index in [-0.39, 0.29) is 0 Å². The summed E-state index contributed by atoms with van der Waals surface area (Å²) in [7, 11) is 0. The number of aromatic nitrogens is 4. The van der Waals surface area contributed by atoms with Crippen LogP contribution in [-0.4, -0.2) is 25.6 Å². The van der Waals surface area contributed by atoms with Crippen LogP contribution in [0.15, 0.2) is 64.8 Å². The zero-order valence-electron chi connectivity index (χ0n) is 13.0. The number of aryl methyl sites for hydroxylation is 1. The summed E-state index contributed by atoms with van der Waals surface area (Å²) in [5, 5.41) is 4.52. The normalized spacial score (nSPS) is 11.3. The van der Waals surface area contributed by atoms with Crippen molar-refractivity contribution in [3.8, 4) is 0 Å². The monoisotopic (exact) mass is 382 g/mol. The first kappa shape index (κ1) is 16.2. The van der Waals surface area contributed by atoms with E-state index in [0.29, 0.717) is 12.2 Å². The molecule has 24 heavy (non-hydrogen) atoms. The molecule has 0 unspecified atom stereocenters. The van der Waals surface area contributed by atoms with Gasteiger partial charge in [-0.3, -0.25) is 15.4 Å². The molecule has 0 aromatic carbocycles. The number of anilines is 1. The molecule has 0 radical (unpaired) electrons. The number of nitrogens with zero attached hydrogens (tertiary/aromatic N) is 5. The number of halogens is 1. The molecule has 0 aliphatic heterocycles. The Morgan fingerprint density at radius 1 is 1.17 bits per heavy atom. The highest BCUT2D eigenvalue weighted by Gasteiger charge is 2.08. The molecule has 7 heteroatoms. The van der Waals surface area contributed by atoms with Gasteiger partial charge < -0.3 is 0 Å². The Balaban J connectivity index is 1.90. The molecule has 0 amide bonds. The highest BCUT2D eigenvalue weighted by Crippen LogP contribution is 2.12. The molecule has 0 aliphatic rings. The minimum Gasteiger partial charge on any atom is -0.261 e. The standard InChI is InChI=1S/C17H15BrN6/c1-12-10-19-11-17(22-12)24-23-15(9-14-4-2-3-6-20-14)13-5-7-21-16(18)8-13/h2-8,10-11H,9H2,1H3,(H,22,24). The molecular formula is C17H15BrN6. The Bertz CT molecular complexity index is 850. The SMILES string of the molecule is Cc1cncc(NN=C(Cc2ccccn2)c2ccnc(Br)c2)n1. The molecule has 3 rings (SSSR count). The van der Waals surface area contributed by atoms with Crippen molar-refractivity contribution in [2.24, 2.45) is 5.10 Å². The largest absolute Gasteiger partial charge is 0.261 e. The molecule has 1 N–H and O–H groups in total. The maximum atomic E-state index is 4.52. The van der Waals surface area contributed by atoms with Crippen LogP contribution in [0.3, 0.4) is 0 Å². The first-order chi connectivity index (χ1) is 11.7. The predicted octanol–water partition coefficient (Wildman–Crippen LogP) is 3.40. The second kappa shape index (κ2) is 7.74. The number of hydrazone groups is 1. The molecule has 3 aromatic rings. The van der Waals surface area contributed by atoms with Crippen LogP contribution in [0.4, 0.5) is 5.82 Å². The van der Waals surface area contributed by atoms with Gasteiger partial charge in [-0.15, -0.1) is 0 Å². The van der Waals surface area contributed by atoms with Gasteiger partial charge in [0.2, 0.25) is 0 Å². The number of pyridine rings is 2. The van der Waals surface area contributed by atoms with Gasteiger partial charge in [0.25, 0.3) is 0 Å². The van der Waals surface area contributed by atoms with E-state index in [2.05, 4.69) is 46.4 Å². The van der Waals surface area contributed by atoms with Gasteiger partial charge in [-0.25, -0.2) is 9.97 Å². The van der Waals surface area contributed by atoms with Crippen molar-refractivity contribution in [2.45, 2.75) is 13.3 Å². The van der Waals surface area contributed by atoms with Crippen molar-refractivity contribution in [1.29, 1.82) is 0 Å². The van der Waals surface area contributed by atoms with Crippen molar-refractivity contribution in [2.75, 3.05) is 5.43 Å². The van der Waals surface area contributed by atoms with E-state index in [4.69, 9.17) is 0 Å². The summed E-state index contributed by atoms with van der Waals surface area (Å²) < 4.78 is 0.754. The highest BCUT2D eigenvalue weighted by molar-refractivity contribution is 9.10. The molecule has 120 valence electrons. The van der Waals surface area contributed by atoms with Gasteiger partial charge in [-0.1, -0.05) is 6.07 Å². The number of rotatable bonds is 5. The van der Waals surface area contributed by atoms with Crippen LogP contribution in [0.25, 0.3) is 0 Å². The second-order valence-corrected chi connectivity index (χ2v) is 5.89. The summed E-state index contributed by atoms with van der Waals surface area (Å²) >= 11 is 3.40. The van der Waals surface area contributed by atoms with Crippen LogP contribution in [0, 0.1) is 6.92 Å². The Hall–Kier alpha value is -2.67. The molecule has 0 aliphatic carbocycles. The molecule has 3 heterocycles. The van der Waals surface area contributed by atoms with Crippen molar-refractivity contribution < 1.29 is 0 Å². The Morgan fingerprint density at radius 3 is 2.83 bits per heavy atom. The van der Waals surface area contributed by atoms with Gasteiger partial charge in [0.15, 0.2) is 5.82 Å². The van der Waals surface area contributed by atoms with Crippen LogP contribution < -0.4 is 5.43 Å². The van der Waals surface area contributed by atoms with Crippen molar-refractivity contribution >= 4 is 27.5 Å². The summed E-state index contributed by atoms with van der Waals surface area (Å²) in [6.45, 7) is 1.89. The third-order valence-electron chi connectivity index (χ3n) is 3.19. The summed E-state index contributed by atoms with van der Waals surface area (Å²) in [6, 6.07) is 9.66. The van der Waals surface area contributed by atoms with Crippen LogP contribution in [0.5, 0.6) is 0 Å². The van der Waals surface area contributed by atoms with E-state index >= 15 is 0 Å². The van der Waals surface area contributed by atoms with Crippen LogP contribution in [-0.2, 0) is 6.42 Å². The lowest BCUT2D eigenvalue weighted by Gasteiger charge is -2.08. The molecule has 0 bridgehead atoms. The maximum absolute atomic E-state index is 4.52. The molecule has 0 saturated heterocycles. The van der Waals surface area contributed by atoms with Gasteiger partial charge in [-0.2, -0.15) is 5.10 Å². The third kappa shape index (κ3) is 4.42. The quantitative estimate of drug-likeness (QED) is 0.415. The van der Waals surface area contributed by atoms with E-state index in [9.17, 15) is 0 Å². The topological polar surface area (TPSA) is 76.0 Å². The Morgan fingerprint density at radius 2 is 2.08 bits per heavy atom. The number of hydrogen-bond donors (Lipinski definition) is 1. The highest BCUT2D eigenvalue weighted by atomic mass is 79.9. The fraction of sp³-hybridized carbons (Fsp3) is 0.118. The van der Waals surface area contributed by atoms with E-state index in [1.165, 1.54) is 0 Å². The fourth-order valence-corrected chi connectivity index (χ4v) is 2.47. The smallest absolute Gasteiger partial charge is 0.165 e. The molecular weight excluding hydrogens is 368 g/mol. The Kier molecular flexibility index (Phi) is 5.22. The predicted molar refractivity (Wildman–Crippen MR) is 96.8 cm³/mol. The molecule has 3 aromatic heterocycles. The lowest BCUT2D eigenvalue weighted by Crippen LogP contribution is -2.10. The van der Waals surface area contributed by atoms with Gasteiger partial charge in [0.1, 0.15) is 4.60 Å². The average molecular weight is 383 g/mol. The summed E-state index contributed by atoms with van der Waals surface area (Å²) in [5.74, 6) is 0.599. The van der Waals surface area contributed by atoms with Crippen LogP contribution >= 0.6 is 15.9 Å². The van der Waals surface area contributed by atoms with Crippen molar-refractivity contribution in [3.63, 3.8) is 0 Å².